The third-order valence-electron chi connectivity index (χ3n) is 2.77. The lowest BCUT2D eigenvalue weighted by atomic mass is 10.00. The van der Waals surface area contributed by atoms with E-state index in [1.165, 1.54) is 16.7 Å². The van der Waals surface area contributed by atoms with Crippen LogP contribution in [0.4, 0.5) is 0 Å². The number of hydrogen-bond acceptors (Lipinski definition) is 2. The Morgan fingerprint density at radius 2 is 2.00 bits per heavy atom. The van der Waals surface area contributed by atoms with Crippen LogP contribution in [0.25, 0.3) is 0 Å². The van der Waals surface area contributed by atoms with Crippen molar-refractivity contribution in [2.75, 3.05) is 13.6 Å². The van der Waals surface area contributed by atoms with Gasteiger partial charge in [0.05, 0.1) is 6.54 Å². The molecule has 0 aliphatic rings. The van der Waals surface area contributed by atoms with Crippen LogP contribution >= 0.6 is 12.4 Å². The SMILES string of the molecule is CNCC(=O)NC(C)Cc1ccc(C)cc1C.Cl. The Bertz CT molecular complexity index is 393. The molecule has 1 unspecified atom stereocenters. The first-order valence-electron chi connectivity index (χ1n) is 6.03. The summed E-state index contributed by atoms with van der Waals surface area (Å²) >= 11 is 0. The standard InChI is InChI=1S/C14H22N2O.ClH/c1-10-5-6-13(11(2)7-10)8-12(3)16-14(17)9-15-4;/h5-7,12,15H,8-9H2,1-4H3,(H,16,17);1H. The van der Waals surface area contributed by atoms with E-state index in [9.17, 15) is 4.79 Å². The molecule has 102 valence electrons. The maximum atomic E-state index is 11.4. The van der Waals surface area contributed by atoms with Gasteiger partial charge >= 0.3 is 0 Å². The molecule has 0 aliphatic carbocycles. The van der Waals surface area contributed by atoms with Gasteiger partial charge in [0, 0.05) is 6.04 Å². The van der Waals surface area contributed by atoms with Gasteiger partial charge < -0.3 is 10.6 Å². The van der Waals surface area contributed by atoms with Gasteiger partial charge in [0.2, 0.25) is 5.91 Å². The Hall–Kier alpha value is -1.06. The number of likely N-dealkylation sites (N-methyl/N-ethyl adjacent to an activating group) is 1. The number of nitrogens with one attached hydrogen (secondary N) is 2. The highest BCUT2D eigenvalue weighted by atomic mass is 35.5. The van der Waals surface area contributed by atoms with E-state index in [2.05, 4.69) is 42.7 Å². The molecular weight excluding hydrogens is 248 g/mol. The number of aryl methyl sites for hydroxylation is 2. The maximum Gasteiger partial charge on any atom is 0.234 e. The highest BCUT2D eigenvalue weighted by Crippen LogP contribution is 2.12. The number of carbonyl (C=O) groups excluding carboxylic acids is 1. The maximum absolute atomic E-state index is 11.4. The van der Waals surface area contributed by atoms with Crippen LogP contribution in [0.3, 0.4) is 0 Å². The van der Waals surface area contributed by atoms with E-state index < -0.39 is 0 Å². The van der Waals surface area contributed by atoms with Crippen molar-refractivity contribution in [2.45, 2.75) is 33.2 Å². The normalized spacial score (nSPS) is 11.6. The summed E-state index contributed by atoms with van der Waals surface area (Å²) in [5.41, 5.74) is 3.87. The third kappa shape index (κ3) is 5.52. The molecule has 1 rings (SSSR count). The van der Waals surface area contributed by atoms with Gasteiger partial charge in [0.25, 0.3) is 0 Å². The van der Waals surface area contributed by atoms with Crippen LogP contribution in [0.5, 0.6) is 0 Å². The summed E-state index contributed by atoms with van der Waals surface area (Å²) in [5.74, 6) is 0.0461. The number of rotatable bonds is 5. The van der Waals surface area contributed by atoms with Crippen molar-refractivity contribution in [1.29, 1.82) is 0 Å². The van der Waals surface area contributed by atoms with Crippen LogP contribution in [0.15, 0.2) is 18.2 Å². The van der Waals surface area contributed by atoms with Crippen molar-refractivity contribution >= 4 is 18.3 Å². The molecule has 0 fully saturated rings. The van der Waals surface area contributed by atoms with Crippen LogP contribution in [0.1, 0.15) is 23.6 Å². The van der Waals surface area contributed by atoms with Crippen LogP contribution in [-0.2, 0) is 11.2 Å². The Labute approximate surface area is 116 Å². The Kier molecular flexibility index (Phi) is 7.64. The summed E-state index contributed by atoms with van der Waals surface area (Å²) in [6.45, 7) is 6.61. The van der Waals surface area contributed by atoms with E-state index in [4.69, 9.17) is 0 Å². The van der Waals surface area contributed by atoms with Gasteiger partial charge in [-0.25, -0.2) is 0 Å². The Balaban J connectivity index is 0.00000289. The molecule has 1 aromatic carbocycles. The topological polar surface area (TPSA) is 41.1 Å². The molecule has 0 saturated carbocycles. The van der Waals surface area contributed by atoms with Crippen LogP contribution < -0.4 is 10.6 Å². The molecule has 0 heterocycles. The van der Waals surface area contributed by atoms with Gasteiger partial charge in [-0.05, 0) is 45.4 Å². The number of hydrogen-bond donors (Lipinski definition) is 2. The van der Waals surface area contributed by atoms with Crippen molar-refractivity contribution in [2.24, 2.45) is 0 Å². The minimum Gasteiger partial charge on any atom is -0.352 e. The second kappa shape index (κ2) is 8.11. The van der Waals surface area contributed by atoms with Crippen LogP contribution in [0, 0.1) is 13.8 Å². The lowest BCUT2D eigenvalue weighted by Gasteiger charge is -2.15. The first kappa shape index (κ1) is 16.9. The molecule has 0 aliphatic heterocycles. The van der Waals surface area contributed by atoms with E-state index in [-0.39, 0.29) is 24.4 Å². The molecular formula is C14H23ClN2O. The lowest BCUT2D eigenvalue weighted by Crippen LogP contribution is -2.39. The number of amides is 1. The van der Waals surface area contributed by atoms with E-state index in [1.54, 1.807) is 7.05 Å². The molecule has 18 heavy (non-hydrogen) atoms. The number of carbonyl (C=O) groups is 1. The highest BCUT2D eigenvalue weighted by molar-refractivity contribution is 5.85. The van der Waals surface area contributed by atoms with Gasteiger partial charge in [-0.1, -0.05) is 23.8 Å². The summed E-state index contributed by atoms with van der Waals surface area (Å²) in [7, 11) is 1.77. The predicted molar refractivity (Wildman–Crippen MR) is 78.4 cm³/mol. The fourth-order valence-electron chi connectivity index (χ4n) is 1.94. The summed E-state index contributed by atoms with van der Waals surface area (Å²) in [5, 5.41) is 5.81. The largest absolute Gasteiger partial charge is 0.352 e. The molecule has 1 aromatic rings. The van der Waals surface area contributed by atoms with Crippen LogP contribution in [0.2, 0.25) is 0 Å². The number of halogens is 1. The monoisotopic (exact) mass is 270 g/mol. The Morgan fingerprint density at radius 1 is 1.33 bits per heavy atom. The molecule has 4 heteroatoms. The molecule has 0 radical (unpaired) electrons. The van der Waals surface area contributed by atoms with E-state index in [1.807, 2.05) is 6.92 Å². The fourth-order valence-corrected chi connectivity index (χ4v) is 1.94. The van der Waals surface area contributed by atoms with Gasteiger partial charge in [-0.2, -0.15) is 0 Å². The molecule has 1 atom stereocenters. The quantitative estimate of drug-likeness (QED) is 0.859. The average molecular weight is 271 g/mol. The zero-order chi connectivity index (χ0) is 12.8. The van der Waals surface area contributed by atoms with E-state index in [0.29, 0.717) is 6.54 Å². The van der Waals surface area contributed by atoms with Gasteiger partial charge in [-0.15, -0.1) is 12.4 Å². The second-order valence-electron chi connectivity index (χ2n) is 4.63. The minimum absolute atomic E-state index is 0. The zero-order valence-electron chi connectivity index (χ0n) is 11.5. The van der Waals surface area contributed by atoms with Crippen LogP contribution in [-0.4, -0.2) is 25.5 Å². The first-order valence-corrected chi connectivity index (χ1v) is 6.03. The zero-order valence-corrected chi connectivity index (χ0v) is 12.4. The molecule has 0 aromatic heterocycles. The summed E-state index contributed by atoms with van der Waals surface area (Å²) in [4.78, 5) is 11.4. The van der Waals surface area contributed by atoms with E-state index in [0.717, 1.165) is 6.42 Å². The average Bonchev–Trinajstić information content (AvgIpc) is 2.22. The van der Waals surface area contributed by atoms with Gasteiger partial charge in [0.1, 0.15) is 0 Å². The van der Waals surface area contributed by atoms with Crippen molar-refractivity contribution in [3.8, 4) is 0 Å². The number of benzene rings is 1. The lowest BCUT2D eigenvalue weighted by molar-refractivity contribution is -0.120. The summed E-state index contributed by atoms with van der Waals surface area (Å²) < 4.78 is 0. The van der Waals surface area contributed by atoms with Gasteiger partial charge in [-0.3, -0.25) is 4.79 Å². The fraction of sp³-hybridized carbons (Fsp3) is 0.500. The third-order valence-corrected chi connectivity index (χ3v) is 2.77. The van der Waals surface area contributed by atoms with Gasteiger partial charge in [0.15, 0.2) is 0 Å². The summed E-state index contributed by atoms with van der Waals surface area (Å²) in [6, 6.07) is 6.60. The molecule has 3 nitrogen and oxygen atoms in total. The second-order valence-corrected chi connectivity index (χ2v) is 4.63. The minimum atomic E-state index is 0. The van der Waals surface area contributed by atoms with Crippen molar-refractivity contribution in [3.63, 3.8) is 0 Å². The predicted octanol–water partition coefficient (Wildman–Crippen LogP) is 1.99. The molecule has 1 amide bonds. The first-order chi connectivity index (χ1) is 8.02. The van der Waals surface area contributed by atoms with Crippen molar-refractivity contribution in [3.05, 3.63) is 34.9 Å². The smallest absolute Gasteiger partial charge is 0.234 e. The molecule has 0 saturated heterocycles. The molecule has 0 spiro atoms. The summed E-state index contributed by atoms with van der Waals surface area (Å²) in [6.07, 6.45) is 0.877. The Morgan fingerprint density at radius 3 is 2.56 bits per heavy atom. The van der Waals surface area contributed by atoms with Crippen molar-refractivity contribution in [1.82, 2.24) is 10.6 Å². The van der Waals surface area contributed by atoms with Crippen molar-refractivity contribution < 1.29 is 4.79 Å². The molecule has 2 N–H and O–H groups in total. The highest BCUT2D eigenvalue weighted by Gasteiger charge is 2.08. The van der Waals surface area contributed by atoms with E-state index >= 15 is 0 Å². The molecule has 0 bridgehead atoms.